The molecular formula is C11H14ClN3S. The van der Waals surface area contributed by atoms with Crippen molar-refractivity contribution in [2.24, 2.45) is 5.92 Å². The summed E-state index contributed by atoms with van der Waals surface area (Å²) in [4.78, 5) is 1.25. The van der Waals surface area contributed by atoms with Gasteiger partial charge in [-0.15, -0.1) is 11.3 Å². The summed E-state index contributed by atoms with van der Waals surface area (Å²) in [6.07, 6.45) is 1.60. The van der Waals surface area contributed by atoms with Gasteiger partial charge in [0.1, 0.15) is 10.8 Å². The Morgan fingerprint density at radius 1 is 1.50 bits per heavy atom. The summed E-state index contributed by atoms with van der Waals surface area (Å²) in [7, 11) is 0. The Kier molecular flexibility index (Phi) is 3.21. The van der Waals surface area contributed by atoms with Gasteiger partial charge in [0, 0.05) is 4.88 Å². The van der Waals surface area contributed by atoms with Crippen LogP contribution in [0, 0.1) is 5.92 Å². The van der Waals surface area contributed by atoms with Gasteiger partial charge in [-0.3, -0.25) is 0 Å². The van der Waals surface area contributed by atoms with Gasteiger partial charge >= 0.3 is 0 Å². The second kappa shape index (κ2) is 4.47. The Balaban J connectivity index is 2.45. The number of halogens is 1. The lowest BCUT2D eigenvalue weighted by Gasteiger charge is -2.21. The highest BCUT2D eigenvalue weighted by Crippen LogP contribution is 2.33. The molecule has 2 heterocycles. The van der Waals surface area contributed by atoms with Crippen LogP contribution in [0.15, 0.2) is 23.7 Å². The molecule has 0 saturated heterocycles. The average molecular weight is 256 g/mol. The second-order valence-corrected chi connectivity index (χ2v) is 5.41. The quantitative estimate of drug-likeness (QED) is 0.913. The highest BCUT2D eigenvalue weighted by atomic mass is 35.5. The average Bonchev–Trinajstić information content (AvgIpc) is 2.83. The summed E-state index contributed by atoms with van der Waals surface area (Å²) in [5.74, 6) is 0.950. The number of nitrogens with zero attached hydrogens (tertiary/aromatic N) is 2. The van der Waals surface area contributed by atoms with Crippen LogP contribution < -0.4 is 5.73 Å². The lowest BCUT2D eigenvalue weighted by atomic mass is 10.0. The smallest absolute Gasteiger partial charge is 0.141 e. The van der Waals surface area contributed by atoms with Crippen LogP contribution in [0.1, 0.15) is 24.8 Å². The molecule has 0 saturated carbocycles. The summed E-state index contributed by atoms with van der Waals surface area (Å²) in [5, 5.41) is 6.84. The molecule has 2 aromatic heterocycles. The normalized spacial score (nSPS) is 13.2. The molecule has 2 rings (SSSR count). The van der Waals surface area contributed by atoms with Crippen LogP contribution in [-0.4, -0.2) is 9.78 Å². The fourth-order valence-corrected chi connectivity index (χ4v) is 2.88. The van der Waals surface area contributed by atoms with Gasteiger partial charge in [0.2, 0.25) is 0 Å². The highest BCUT2D eigenvalue weighted by Gasteiger charge is 2.22. The van der Waals surface area contributed by atoms with E-state index in [2.05, 4.69) is 30.4 Å². The van der Waals surface area contributed by atoms with E-state index in [1.54, 1.807) is 22.2 Å². The van der Waals surface area contributed by atoms with Crippen LogP contribution in [0.25, 0.3) is 0 Å². The predicted molar refractivity (Wildman–Crippen MR) is 68.9 cm³/mol. The number of hydrogen-bond acceptors (Lipinski definition) is 3. The Hall–Kier alpha value is -1.00. The molecule has 0 aliphatic carbocycles. The first-order valence-electron chi connectivity index (χ1n) is 5.13. The molecular weight excluding hydrogens is 242 g/mol. The summed E-state index contributed by atoms with van der Waals surface area (Å²) < 4.78 is 1.80. The van der Waals surface area contributed by atoms with E-state index < -0.39 is 0 Å². The fourth-order valence-electron chi connectivity index (χ4n) is 1.76. The maximum atomic E-state index is 5.93. The summed E-state index contributed by atoms with van der Waals surface area (Å²) in [6.45, 7) is 4.30. The van der Waals surface area contributed by atoms with E-state index in [9.17, 15) is 0 Å². The largest absolute Gasteiger partial charge is 0.383 e. The third-order valence-corrected chi connectivity index (χ3v) is 3.75. The summed E-state index contributed by atoms with van der Waals surface area (Å²) in [5.41, 5.74) is 5.92. The molecule has 0 radical (unpaired) electrons. The first kappa shape index (κ1) is 11.5. The van der Waals surface area contributed by atoms with Gasteiger partial charge in [-0.05, 0) is 17.4 Å². The van der Waals surface area contributed by atoms with Crippen LogP contribution in [0.4, 0.5) is 5.82 Å². The third-order valence-electron chi connectivity index (χ3n) is 2.52. The van der Waals surface area contributed by atoms with E-state index in [1.165, 1.54) is 4.88 Å². The van der Waals surface area contributed by atoms with Gasteiger partial charge in [0.05, 0.1) is 12.2 Å². The van der Waals surface area contributed by atoms with Crippen LogP contribution in [0.3, 0.4) is 0 Å². The van der Waals surface area contributed by atoms with Crippen LogP contribution in [-0.2, 0) is 0 Å². The van der Waals surface area contributed by atoms with Crippen molar-refractivity contribution in [3.8, 4) is 0 Å². The fraction of sp³-hybridized carbons (Fsp3) is 0.364. The molecule has 16 heavy (non-hydrogen) atoms. The highest BCUT2D eigenvalue weighted by molar-refractivity contribution is 7.10. The lowest BCUT2D eigenvalue weighted by molar-refractivity contribution is 0.413. The van der Waals surface area contributed by atoms with Crippen molar-refractivity contribution in [1.29, 1.82) is 0 Å². The SMILES string of the molecule is CC(C)C(c1cccs1)n1ncc(Cl)c1N. The summed E-state index contributed by atoms with van der Waals surface area (Å²) >= 11 is 7.65. The van der Waals surface area contributed by atoms with Crippen LogP contribution in [0.2, 0.25) is 5.02 Å². The topological polar surface area (TPSA) is 43.8 Å². The molecule has 0 fully saturated rings. The van der Waals surface area contributed by atoms with Gasteiger partial charge in [0.25, 0.3) is 0 Å². The number of hydrogen-bond donors (Lipinski definition) is 1. The molecule has 0 bridgehead atoms. The van der Waals surface area contributed by atoms with Crippen molar-refractivity contribution >= 4 is 28.8 Å². The van der Waals surface area contributed by atoms with Gasteiger partial charge in [-0.25, -0.2) is 4.68 Å². The van der Waals surface area contributed by atoms with Gasteiger partial charge < -0.3 is 5.73 Å². The van der Waals surface area contributed by atoms with E-state index in [4.69, 9.17) is 17.3 Å². The third kappa shape index (κ3) is 1.95. The Morgan fingerprint density at radius 2 is 2.25 bits per heavy atom. The zero-order chi connectivity index (χ0) is 11.7. The predicted octanol–water partition coefficient (Wildman–Crippen LogP) is 3.43. The maximum absolute atomic E-state index is 5.93. The Labute approximate surface area is 104 Å². The van der Waals surface area contributed by atoms with Crippen molar-refractivity contribution in [1.82, 2.24) is 9.78 Å². The number of anilines is 1. The molecule has 0 aliphatic heterocycles. The molecule has 1 atom stereocenters. The first-order valence-corrected chi connectivity index (χ1v) is 6.39. The van der Waals surface area contributed by atoms with Crippen molar-refractivity contribution in [3.63, 3.8) is 0 Å². The van der Waals surface area contributed by atoms with E-state index >= 15 is 0 Å². The van der Waals surface area contributed by atoms with Crippen molar-refractivity contribution in [3.05, 3.63) is 33.6 Å². The molecule has 5 heteroatoms. The zero-order valence-electron chi connectivity index (χ0n) is 9.22. The molecule has 0 aliphatic rings. The number of aromatic nitrogens is 2. The molecule has 86 valence electrons. The summed E-state index contributed by atoms with van der Waals surface area (Å²) in [6, 6.07) is 4.30. The van der Waals surface area contributed by atoms with Gasteiger partial charge in [-0.2, -0.15) is 5.10 Å². The zero-order valence-corrected chi connectivity index (χ0v) is 10.8. The van der Waals surface area contributed by atoms with E-state index in [0.29, 0.717) is 16.8 Å². The minimum absolute atomic E-state index is 0.160. The second-order valence-electron chi connectivity index (χ2n) is 4.03. The molecule has 2 aromatic rings. The molecule has 0 amide bonds. The monoisotopic (exact) mass is 255 g/mol. The van der Waals surface area contributed by atoms with Crippen molar-refractivity contribution < 1.29 is 0 Å². The first-order chi connectivity index (χ1) is 7.61. The number of rotatable bonds is 3. The standard InChI is InChI=1S/C11H14ClN3S/c1-7(2)10(9-4-3-5-16-9)15-11(13)8(12)6-14-15/h3-7,10H,13H2,1-2H3. The minimum Gasteiger partial charge on any atom is -0.383 e. The van der Waals surface area contributed by atoms with Crippen LogP contribution in [0.5, 0.6) is 0 Å². The van der Waals surface area contributed by atoms with Crippen molar-refractivity contribution in [2.45, 2.75) is 19.9 Å². The minimum atomic E-state index is 0.160. The van der Waals surface area contributed by atoms with E-state index in [1.807, 2.05) is 6.07 Å². The Morgan fingerprint density at radius 3 is 2.69 bits per heavy atom. The number of nitrogen functional groups attached to an aromatic ring is 1. The Bertz CT molecular complexity index is 462. The van der Waals surface area contributed by atoms with E-state index in [-0.39, 0.29) is 6.04 Å². The molecule has 2 N–H and O–H groups in total. The van der Waals surface area contributed by atoms with Crippen molar-refractivity contribution in [2.75, 3.05) is 5.73 Å². The maximum Gasteiger partial charge on any atom is 0.141 e. The van der Waals surface area contributed by atoms with E-state index in [0.717, 1.165) is 0 Å². The molecule has 0 aromatic carbocycles. The number of thiophene rings is 1. The van der Waals surface area contributed by atoms with Crippen LogP contribution >= 0.6 is 22.9 Å². The van der Waals surface area contributed by atoms with Gasteiger partial charge in [0.15, 0.2) is 0 Å². The lowest BCUT2D eigenvalue weighted by Crippen LogP contribution is -2.18. The molecule has 1 unspecified atom stereocenters. The molecule has 0 spiro atoms. The number of nitrogens with two attached hydrogens (primary N) is 1. The van der Waals surface area contributed by atoms with Gasteiger partial charge in [-0.1, -0.05) is 31.5 Å². The molecule has 3 nitrogen and oxygen atoms in total.